The summed E-state index contributed by atoms with van der Waals surface area (Å²) in [5.41, 5.74) is 6.08. The third-order valence-electron chi connectivity index (χ3n) is 3.42. The monoisotopic (exact) mass is 187 g/mol. The lowest BCUT2D eigenvalue weighted by molar-refractivity contribution is 0.906. The van der Waals surface area contributed by atoms with E-state index in [2.05, 4.69) is 24.1 Å². The minimum Gasteiger partial charge on any atom is -0.362 e. The van der Waals surface area contributed by atoms with Gasteiger partial charge in [-0.25, -0.2) is 0 Å². The smallest absolute Gasteiger partial charge is 0.0228 e. The van der Waals surface area contributed by atoms with Crippen LogP contribution in [0.3, 0.4) is 0 Å². The van der Waals surface area contributed by atoms with Crippen molar-refractivity contribution in [1.29, 1.82) is 0 Å². The summed E-state index contributed by atoms with van der Waals surface area (Å²) in [6.07, 6.45) is 8.88. The summed E-state index contributed by atoms with van der Waals surface area (Å²) in [5, 5.41) is 0. The van der Waals surface area contributed by atoms with Gasteiger partial charge in [-0.2, -0.15) is 0 Å². The fraction of sp³-hybridized carbons (Fsp3) is 0.538. The van der Waals surface area contributed by atoms with Gasteiger partial charge in [-0.05, 0) is 55.2 Å². The van der Waals surface area contributed by atoms with Crippen molar-refractivity contribution in [3.05, 3.63) is 29.1 Å². The first-order valence-corrected chi connectivity index (χ1v) is 5.79. The van der Waals surface area contributed by atoms with Crippen molar-refractivity contribution in [2.24, 2.45) is 5.92 Å². The molecule has 0 aliphatic heterocycles. The van der Waals surface area contributed by atoms with Crippen molar-refractivity contribution >= 4 is 5.57 Å². The standard InChI is InChI=1S/C13H17N/c1-2-10-8-12-11(9-6-7-9)4-3-5-13(12)14-10/h4,8-9,14H,2-3,5-7H2,1H3. The molecule has 3 rings (SSSR count). The molecule has 0 unspecified atom stereocenters. The topological polar surface area (TPSA) is 15.8 Å². The number of fused-ring (bicyclic) bond motifs is 1. The molecule has 0 saturated heterocycles. The molecular weight excluding hydrogens is 170 g/mol. The van der Waals surface area contributed by atoms with Gasteiger partial charge in [0.05, 0.1) is 0 Å². The van der Waals surface area contributed by atoms with Crippen LogP contribution in [0.15, 0.2) is 12.1 Å². The Labute approximate surface area is 85.2 Å². The Morgan fingerprint density at radius 3 is 3.00 bits per heavy atom. The maximum atomic E-state index is 3.56. The van der Waals surface area contributed by atoms with Crippen LogP contribution >= 0.6 is 0 Å². The highest BCUT2D eigenvalue weighted by molar-refractivity contribution is 5.73. The Balaban J connectivity index is 2.02. The molecule has 0 aromatic carbocycles. The number of nitrogens with one attached hydrogen (secondary N) is 1. The molecular formula is C13H17N. The fourth-order valence-electron chi connectivity index (χ4n) is 2.47. The lowest BCUT2D eigenvalue weighted by Gasteiger charge is -2.12. The van der Waals surface area contributed by atoms with E-state index in [0.717, 1.165) is 12.3 Å². The van der Waals surface area contributed by atoms with Gasteiger partial charge in [-0.3, -0.25) is 0 Å². The average molecular weight is 187 g/mol. The molecule has 1 saturated carbocycles. The molecule has 1 aromatic heterocycles. The molecule has 0 radical (unpaired) electrons. The number of aromatic nitrogens is 1. The van der Waals surface area contributed by atoms with Crippen LogP contribution < -0.4 is 0 Å². The molecule has 2 aliphatic rings. The summed E-state index contributed by atoms with van der Waals surface area (Å²) in [6, 6.07) is 2.37. The lowest BCUT2D eigenvalue weighted by Crippen LogP contribution is -1.98. The molecule has 1 heterocycles. The van der Waals surface area contributed by atoms with Crippen molar-refractivity contribution in [3.8, 4) is 0 Å². The van der Waals surface area contributed by atoms with Gasteiger partial charge >= 0.3 is 0 Å². The zero-order valence-electron chi connectivity index (χ0n) is 8.77. The minimum absolute atomic E-state index is 0.898. The first kappa shape index (κ1) is 8.34. The number of hydrogen-bond acceptors (Lipinski definition) is 0. The van der Waals surface area contributed by atoms with Crippen molar-refractivity contribution in [3.63, 3.8) is 0 Å². The van der Waals surface area contributed by atoms with Gasteiger partial charge in [-0.15, -0.1) is 0 Å². The SMILES string of the molecule is CCc1cc2c([nH]1)CCC=C2C1CC1. The lowest BCUT2D eigenvalue weighted by atomic mass is 9.93. The number of hydrogen-bond donors (Lipinski definition) is 1. The Morgan fingerprint density at radius 1 is 1.43 bits per heavy atom. The highest BCUT2D eigenvalue weighted by Crippen LogP contribution is 2.45. The van der Waals surface area contributed by atoms with Crippen LogP contribution in [0.1, 0.15) is 43.1 Å². The molecule has 1 nitrogen and oxygen atoms in total. The Bertz CT molecular complexity index is 380. The van der Waals surface area contributed by atoms with E-state index in [0.29, 0.717) is 0 Å². The molecule has 0 bridgehead atoms. The largest absolute Gasteiger partial charge is 0.362 e. The van der Waals surface area contributed by atoms with Crippen LogP contribution in [0, 0.1) is 5.92 Å². The van der Waals surface area contributed by atoms with Gasteiger partial charge in [0.2, 0.25) is 0 Å². The van der Waals surface area contributed by atoms with E-state index in [9.17, 15) is 0 Å². The summed E-state index contributed by atoms with van der Waals surface area (Å²) < 4.78 is 0. The predicted molar refractivity (Wildman–Crippen MR) is 59.2 cm³/mol. The van der Waals surface area contributed by atoms with Crippen molar-refractivity contribution < 1.29 is 0 Å². The Hall–Kier alpha value is -0.980. The van der Waals surface area contributed by atoms with Crippen LogP contribution in [0.4, 0.5) is 0 Å². The molecule has 1 N–H and O–H groups in total. The molecule has 2 aliphatic carbocycles. The summed E-state index contributed by atoms with van der Waals surface area (Å²) >= 11 is 0. The van der Waals surface area contributed by atoms with Crippen molar-refractivity contribution in [2.75, 3.05) is 0 Å². The molecule has 0 amide bonds. The Morgan fingerprint density at radius 2 is 2.29 bits per heavy atom. The van der Waals surface area contributed by atoms with Gasteiger partial charge in [0, 0.05) is 11.4 Å². The first-order valence-electron chi connectivity index (χ1n) is 5.79. The number of allylic oxidation sites excluding steroid dienone is 2. The van der Waals surface area contributed by atoms with Crippen molar-refractivity contribution in [2.45, 2.75) is 39.0 Å². The molecule has 0 atom stereocenters. The molecule has 1 aromatic rings. The van der Waals surface area contributed by atoms with Crippen LogP contribution in [0.5, 0.6) is 0 Å². The van der Waals surface area contributed by atoms with E-state index in [4.69, 9.17) is 0 Å². The highest BCUT2D eigenvalue weighted by atomic mass is 14.7. The van der Waals surface area contributed by atoms with Crippen LogP contribution in [0.25, 0.3) is 5.57 Å². The van der Waals surface area contributed by atoms with E-state index < -0.39 is 0 Å². The number of aromatic amines is 1. The maximum Gasteiger partial charge on any atom is 0.0228 e. The van der Waals surface area contributed by atoms with E-state index >= 15 is 0 Å². The normalized spacial score (nSPS) is 20.5. The second kappa shape index (κ2) is 3.01. The van der Waals surface area contributed by atoms with Crippen molar-refractivity contribution in [1.82, 2.24) is 4.98 Å². The first-order chi connectivity index (χ1) is 6.88. The maximum absolute atomic E-state index is 3.56. The molecule has 1 fully saturated rings. The highest BCUT2D eigenvalue weighted by Gasteiger charge is 2.29. The summed E-state index contributed by atoms with van der Waals surface area (Å²) in [6.45, 7) is 2.22. The fourth-order valence-corrected chi connectivity index (χ4v) is 2.47. The van der Waals surface area contributed by atoms with Crippen LogP contribution in [-0.2, 0) is 12.8 Å². The van der Waals surface area contributed by atoms with E-state index in [1.165, 1.54) is 42.6 Å². The molecule has 0 spiro atoms. The van der Waals surface area contributed by atoms with E-state index in [1.54, 1.807) is 5.57 Å². The molecule has 14 heavy (non-hydrogen) atoms. The summed E-state index contributed by atoms with van der Waals surface area (Å²) in [4.78, 5) is 3.56. The van der Waals surface area contributed by atoms with Gasteiger partial charge in [0.25, 0.3) is 0 Å². The number of rotatable bonds is 2. The summed E-state index contributed by atoms with van der Waals surface area (Å²) in [5.74, 6) is 0.898. The van der Waals surface area contributed by atoms with Gasteiger partial charge in [0.15, 0.2) is 0 Å². The Kier molecular flexibility index (Phi) is 1.79. The average Bonchev–Trinajstić information content (AvgIpc) is 2.96. The predicted octanol–water partition coefficient (Wildman–Crippen LogP) is 3.32. The zero-order valence-corrected chi connectivity index (χ0v) is 8.77. The third-order valence-corrected chi connectivity index (χ3v) is 3.42. The van der Waals surface area contributed by atoms with E-state index in [1.807, 2.05) is 0 Å². The minimum atomic E-state index is 0.898. The van der Waals surface area contributed by atoms with Gasteiger partial charge in [-0.1, -0.05) is 13.0 Å². The quantitative estimate of drug-likeness (QED) is 0.731. The van der Waals surface area contributed by atoms with E-state index in [-0.39, 0.29) is 0 Å². The number of aryl methyl sites for hydroxylation is 2. The number of H-pyrrole nitrogens is 1. The van der Waals surface area contributed by atoms with Crippen LogP contribution in [-0.4, -0.2) is 4.98 Å². The zero-order chi connectivity index (χ0) is 9.54. The van der Waals surface area contributed by atoms with Gasteiger partial charge < -0.3 is 4.98 Å². The van der Waals surface area contributed by atoms with Gasteiger partial charge in [0.1, 0.15) is 0 Å². The molecule has 1 heteroatoms. The second-order valence-electron chi connectivity index (χ2n) is 4.51. The van der Waals surface area contributed by atoms with Crippen LogP contribution in [0.2, 0.25) is 0 Å². The second-order valence-corrected chi connectivity index (χ2v) is 4.51. The molecule has 74 valence electrons. The third kappa shape index (κ3) is 1.23. The summed E-state index contributed by atoms with van der Waals surface area (Å²) in [7, 11) is 0.